The smallest absolute Gasteiger partial charge is 0.870 e. The molecule has 0 saturated carbocycles. The third-order valence-corrected chi connectivity index (χ3v) is 7.76. The van der Waals surface area contributed by atoms with Crippen LogP contribution in [0.2, 0.25) is 0 Å². The molecule has 0 aliphatic rings. The van der Waals surface area contributed by atoms with E-state index < -0.39 is 0 Å². The van der Waals surface area contributed by atoms with Gasteiger partial charge in [-0.1, -0.05) is 39.8 Å². The molecule has 5 aromatic rings. The summed E-state index contributed by atoms with van der Waals surface area (Å²) in [6.07, 6.45) is 0. The van der Waals surface area contributed by atoms with Crippen LogP contribution in [-0.2, 0) is 0 Å². The summed E-state index contributed by atoms with van der Waals surface area (Å²) >= 11 is 0. The minimum absolute atomic E-state index is 0. The largest absolute Gasteiger partial charge is 1.00 e. The van der Waals surface area contributed by atoms with E-state index in [0.29, 0.717) is 34.5 Å². The molecule has 0 fully saturated rings. The fourth-order valence-electron chi connectivity index (χ4n) is 4.68. The molecule has 0 aliphatic carbocycles. The molecule has 5 aromatic carbocycles. The van der Waals surface area contributed by atoms with Gasteiger partial charge in [0.1, 0.15) is 28.7 Å². The number of phenolic OH excluding ortho intramolecular Hbond substituents is 5. The van der Waals surface area contributed by atoms with Gasteiger partial charge < -0.3 is 46.9 Å². The van der Waals surface area contributed by atoms with Gasteiger partial charge in [0.2, 0.25) is 5.39 Å². The van der Waals surface area contributed by atoms with Crippen molar-refractivity contribution in [2.45, 2.75) is 74.1 Å². The molecular formula is C41H51N6Na2O8+. The van der Waals surface area contributed by atoms with E-state index in [0.717, 1.165) is 50.0 Å². The molecule has 0 amide bonds. The van der Waals surface area contributed by atoms with E-state index in [-0.39, 0.29) is 87.8 Å². The van der Waals surface area contributed by atoms with Gasteiger partial charge in [-0.15, -0.1) is 5.34 Å². The van der Waals surface area contributed by atoms with Crippen molar-refractivity contribution in [2.75, 3.05) is 5.73 Å². The van der Waals surface area contributed by atoms with Crippen LogP contribution < -0.4 is 64.8 Å². The van der Waals surface area contributed by atoms with Crippen LogP contribution in [0.15, 0.2) is 100 Å². The van der Waals surface area contributed by atoms with Crippen molar-refractivity contribution in [3.63, 3.8) is 0 Å². The predicted molar refractivity (Wildman–Crippen MR) is 217 cm³/mol. The molecule has 0 unspecified atom stereocenters. The molecule has 14 nitrogen and oxygen atoms in total. The monoisotopic (exact) mass is 801 g/mol. The van der Waals surface area contributed by atoms with Crippen LogP contribution >= 0.6 is 0 Å². The van der Waals surface area contributed by atoms with Crippen molar-refractivity contribution in [3.05, 3.63) is 139 Å². The van der Waals surface area contributed by atoms with Crippen LogP contribution in [0.3, 0.4) is 0 Å². The fraction of sp³-hybridized carbons (Fsp3) is 0.268. The molecule has 0 radical (unpaired) electrons. The fourth-order valence-corrected chi connectivity index (χ4v) is 4.68. The summed E-state index contributed by atoms with van der Waals surface area (Å²) in [5.74, 6) is 1.99. The Labute approximate surface area is 378 Å². The van der Waals surface area contributed by atoms with Crippen LogP contribution in [-0.4, -0.2) is 31.0 Å². The third kappa shape index (κ3) is 20.3. The maximum Gasteiger partial charge on any atom is 1.00 e. The molecule has 0 atom stereocenters. The number of aromatic hydroxyl groups is 5. The van der Waals surface area contributed by atoms with Crippen molar-refractivity contribution in [1.29, 1.82) is 5.39 Å². The molecule has 0 aromatic heterocycles. The Morgan fingerprint density at radius 3 is 1.47 bits per heavy atom. The first kappa shape index (κ1) is 56.6. The van der Waals surface area contributed by atoms with Crippen LogP contribution in [0.25, 0.3) is 4.98 Å². The van der Waals surface area contributed by atoms with Crippen LogP contribution in [0.1, 0.15) is 78.5 Å². The standard InChI is InChI=1S/C17H20N2O2.C10H14O.C7H6N2O.C7H9NO.HNO2.2Na.H2O/c1-10(2)14-9-16(12(4)8-17(14)21)19-18-15-6-5-13(20)7-11(15)3;1-7(2)9-5-4-8(3)6-10(9)11;1-5-4-6(10)2-3-7(5)9-8;1-5-4-6(9)2-3-7(5)8;2-1-3;;;/h5-10,20-21H,1-4H3;4-7,11H,1-3H3;2-4H,1H3;2-4,9H,8H2,1H3;(H,2,3);;;1H2/q;;;;;2*+1;/p-1. The van der Waals surface area contributed by atoms with Crippen LogP contribution in [0.4, 0.5) is 22.7 Å². The normalized spacial score (nSPS) is 9.51. The maximum atomic E-state index is 9.95. The predicted octanol–water partition coefficient (Wildman–Crippen LogP) is 5.63. The molecule has 57 heavy (non-hydrogen) atoms. The molecule has 0 bridgehead atoms. The summed E-state index contributed by atoms with van der Waals surface area (Å²) in [5.41, 5.74) is 14.5. The molecule has 16 heteroatoms. The van der Waals surface area contributed by atoms with E-state index in [4.69, 9.17) is 31.5 Å². The number of nitrogen functional groups attached to an aromatic ring is 1. The number of benzene rings is 5. The summed E-state index contributed by atoms with van der Waals surface area (Å²) in [4.78, 5) is 11.0. The quantitative estimate of drug-likeness (QED) is 0.0248. The second-order valence-electron chi connectivity index (χ2n) is 12.9. The van der Waals surface area contributed by atoms with Gasteiger partial charge >= 0.3 is 64.8 Å². The summed E-state index contributed by atoms with van der Waals surface area (Å²) in [5, 5.41) is 72.5. The number of azo groups is 1. The van der Waals surface area contributed by atoms with E-state index in [2.05, 4.69) is 29.1 Å². The van der Waals surface area contributed by atoms with Gasteiger partial charge in [-0.25, -0.2) is 0 Å². The molecule has 0 spiro atoms. The number of phenols is 5. The summed E-state index contributed by atoms with van der Waals surface area (Å²) in [7, 11) is 0. The average molecular weight is 802 g/mol. The number of hydrogen-bond acceptors (Lipinski definition) is 13. The van der Waals surface area contributed by atoms with E-state index in [9.17, 15) is 15.3 Å². The summed E-state index contributed by atoms with van der Waals surface area (Å²) in [6, 6.07) is 23.8. The van der Waals surface area contributed by atoms with Gasteiger partial charge in [0.15, 0.2) is 4.98 Å². The topological polar surface area (TPSA) is 263 Å². The van der Waals surface area contributed by atoms with Gasteiger partial charge in [-0.3, -0.25) is 0 Å². The van der Waals surface area contributed by atoms with Crippen molar-refractivity contribution in [1.82, 2.24) is 0 Å². The summed E-state index contributed by atoms with van der Waals surface area (Å²) < 4.78 is 0. The number of anilines is 1. The Morgan fingerprint density at radius 2 is 1.04 bits per heavy atom. The van der Waals surface area contributed by atoms with Crippen molar-refractivity contribution in [2.24, 2.45) is 15.6 Å². The second kappa shape index (κ2) is 28.6. The van der Waals surface area contributed by atoms with Crippen LogP contribution in [0.5, 0.6) is 28.7 Å². The maximum absolute atomic E-state index is 9.95. The zero-order valence-corrected chi connectivity index (χ0v) is 38.6. The number of aryl methyl sites for hydroxylation is 5. The first-order valence-corrected chi connectivity index (χ1v) is 16.8. The molecule has 294 valence electrons. The van der Waals surface area contributed by atoms with Crippen molar-refractivity contribution < 1.29 is 90.1 Å². The van der Waals surface area contributed by atoms with Gasteiger partial charge in [-0.05, 0) is 147 Å². The van der Waals surface area contributed by atoms with E-state index in [1.807, 2.05) is 59.7 Å². The van der Waals surface area contributed by atoms with Crippen LogP contribution in [0, 0.1) is 50.1 Å². The zero-order valence-electron chi connectivity index (χ0n) is 34.6. The summed E-state index contributed by atoms with van der Waals surface area (Å²) in [6.45, 7) is 17.5. The Hall–Kier alpha value is -4.72. The molecule has 0 aliphatic heterocycles. The van der Waals surface area contributed by atoms with Crippen molar-refractivity contribution >= 4 is 22.7 Å². The molecule has 8 N–H and O–H groups in total. The van der Waals surface area contributed by atoms with E-state index in [1.165, 1.54) is 12.1 Å². The Bertz CT molecular complexity index is 2070. The minimum Gasteiger partial charge on any atom is -0.870 e. The van der Waals surface area contributed by atoms with E-state index >= 15 is 0 Å². The number of diazo groups is 1. The molecule has 0 heterocycles. The minimum atomic E-state index is 0. The Balaban J connectivity index is -0.000000695. The van der Waals surface area contributed by atoms with Gasteiger partial charge in [0.25, 0.3) is 0 Å². The van der Waals surface area contributed by atoms with Gasteiger partial charge in [-0.2, -0.15) is 10.2 Å². The average Bonchev–Trinajstić information content (AvgIpc) is 3.08. The molecule has 0 saturated heterocycles. The van der Waals surface area contributed by atoms with E-state index in [1.54, 1.807) is 61.5 Å². The number of nitrogens with two attached hydrogens (primary N) is 1. The number of hydrogen-bond donors (Lipinski definition) is 6. The van der Waals surface area contributed by atoms with Gasteiger partial charge in [0.05, 0.1) is 11.4 Å². The molecule has 5 rings (SSSR count). The first-order chi connectivity index (χ1) is 25.3. The second-order valence-corrected chi connectivity index (χ2v) is 12.9. The van der Waals surface area contributed by atoms with Crippen molar-refractivity contribution in [3.8, 4) is 28.7 Å². The number of nitrogens with zero attached hydrogens (tertiary/aromatic N) is 5. The molecular weight excluding hydrogens is 750 g/mol. The first-order valence-electron chi connectivity index (χ1n) is 16.8. The Kier molecular flexibility index (Phi) is 28.4. The third-order valence-electron chi connectivity index (χ3n) is 7.76. The zero-order chi connectivity index (χ0) is 41.1. The SMILES string of the molecule is Cc1cc(O)ccc1N.Cc1cc(O)ccc1N=Nc1cc(C(C)C)c(O)cc1C.Cc1cc(O)ccc1[N+]#N.Cc1ccc(C(C)C)c(O)c1.O=N[O-].[Na+].[Na+].[OH-]. The van der Waals surface area contributed by atoms with Gasteiger partial charge in [0, 0.05) is 17.3 Å². The Morgan fingerprint density at radius 1 is 0.596 bits per heavy atom. The number of rotatable bonds is 4.